The van der Waals surface area contributed by atoms with Crippen molar-refractivity contribution in [1.82, 2.24) is 0 Å². The van der Waals surface area contributed by atoms with Crippen LogP contribution in [0.3, 0.4) is 0 Å². The third-order valence-electron chi connectivity index (χ3n) is 4.07. The fourth-order valence-electron chi connectivity index (χ4n) is 2.88. The van der Waals surface area contributed by atoms with Crippen LogP contribution in [0, 0.1) is 5.41 Å². The maximum absolute atomic E-state index is 12.6. The topological polar surface area (TPSA) is 75.7 Å². The van der Waals surface area contributed by atoms with E-state index in [-0.39, 0.29) is 17.0 Å². The molecule has 0 unspecified atom stereocenters. The van der Waals surface area contributed by atoms with Crippen LogP contribution in [0.15, 0.2) is 40.6 Å². The van der Waals surface area contributed by atoms with Crippen LogP contribution in [0.4, 0.5) is 11.4 Å². The van der Waals surface area contributed by atoms with Crippen LogP contribution in [0.2, 0.25) is 0 Å². The number of benzene rings is 1. The van der Waals surface area contributed by atoms with E-state index in [0.29, 0.717) is 36.2 Å². The minimum atomic E-state index is -0.141. The third kappa shape index (κ3) is 4.44. The first kappa shape index (κ1) is 17.3. The molecule has 4 heteroatoms. The van der Waals surface area contributed by atoms with Crippen LogP contribution in [0.1, 0.15) is 52.9 Å². The van der Waals surface area contributed by atoms with Gasteiger partial charge in [0.1, 0.15) is 5.76 Å². The van der Waals surface area contributed by atoms with Crippen LogP contribution in [-0.4, -0.2) is 16.6 Å². The van der Waals surface area contributed by atoms with Crippen LogP contribution >= 0.6 is 0 Å². The van der Waals surface area contributed by atoms with E-state index in [1.807, 2.05) is 12.1 Å². The fraction of sp³-hybridized carbons (Fsp3) is 0.474. The number of ketones is 1. The highest BCUT2D eigenvalue weighted by molar-refractivity contribution is 6.25. The summed E-state index contributed by atoms with van der Waals surface area (Å²) in [5, 5.41) is 10.4. The highest BCUT2D eigenvalue weighted by Crippen LogP contribution is 2.36. The lowest BCUT2D eigenvalue weighted by Crippen LogP contribution is -2.32. The average molecular weight is 314 g/mol. The molecule has 4 nitrogen and oxygen atoms in total. The van der Waals surface area contributed by atoms with Gasteiger partial charge in [-0.25, -0.2) is 0 Å². The molecule has 1 aromatic carbocycles. The predicted octanol–water partition coefficient (Wildman–Crippen LogP) is 4.73. The summed E-state index contributed by atoms with van der Waals surface area (Å²) in [5.41, 5.74) is 8.10. The van der Waals surface area contributed by atoms with Gasteiger partial charge in [0.2, 0.25) is 0 Å². The molecule has 0 aromatic heterocycles. The van der Waals surface area contributed by atoms with E-state index in [1.54, 1.807) is 12.1 Å². The zero-order valence-electron chi connectivity index (χ0n) is 14.2. The molecule has 2 rings (SSSR count). The van der Waals surface area contributed by atoms with Gasteiger partial charge in [0.15, 0.2) is 5.78 Å². The summed E-state index contributed by atoms with van der Waals surface area (Å²) >= 11 is 0. The molecule has 3 N–H and O–H groups in total. The molecule has 0 radical (unpaired) electrons. The number of Topliss-reactive ketones (excluding diaryl/α,β-unsaturated/α-hetero) is 1. The van der Waals surface area contributed by atoms with Gasteiger partial charge >= 0.3 is 0 Å². The second-order valence-electron chi connectivity index (χ2n) is 7.02. The summed E-state index contributed by atoms with van der Waals surface area (Å²) in [6, 6.07) is 7.23. The molecule has 23 heavy (non-hydrogen) atoms. The Labute approximate surface area is 138 Å². The fourth-order valence-corrected chi connectivity index (χ4v) is 2.88. The Morgan fingerprint density at radius 1 is 1.26 bits per heavy atom. The van der Waals surface area contributed by atoms with Gasteiger partial charge in [0.25, 0.3) is 0 Å². The van der Waals surface area contributed by atoms with Gasteiger partial charge in [0.05, 0.1) is 17.0 Å². The van der Waals surface area contributed by atoms with Gasteiger partial charge < -0.3 is 10.8 Å². The van der Waals surface area contributed by atoms with E-state index in [4.69, 9.17) is 5.73 Å². The van der Waals surface area contributed by atoms with E-state index >= 15 is 0 Å². The smallest absolute Gasteiger partial charge is 0.168 e. The van der Waals surface area contributed by atoms with Crippen molar-refractivity contribution in [3.05, 3.63) is 35.6 Å². The van der Waals surface area contributed by atoms with Crippen LogP contribution in [0.5, 0.6) is 0 Å². The molecule has 1 fully saturated rings. The lowest BCUT2D eigenvalue weighted by atomic mass is 9.73. The van der Waals surface area contributed by atoms with Gasteiger partial charge in [-0.15, -0.1) is 0 Å². The van der Waals surface area contributed by atoms with E-state index in [2.05, 4.69) is 25.8 Å². The minimum Gasteiger partial charge on any atom is -0.511 e. The summed E-state index contributed by atoms with van der Waals surface area (Å²) in [6.07, 6.45) is 3.48. The van der Waals surface area contributed by atoms with Crippen LogP contribution < -0.4 is 5.73 Å². The van der Waals surface area contributed by atoms with Gasteiger partial charge in [-0.05, 0) is 42.5 Å². The molecule has 1 saturated carbocycles. The predicted molar refractivity (Wildman–Crippen MR) is 95.2 cm³/mol. The van der Waals surface area contributed by atoms with Crippen molar-refractivity contribution in [3.63, 3.8) is 0 Å². The number of carbonyl (C=O) groups is 1. The number of unbranched alkanes of at least 4 members (excludes halogenated alkanes) is 1. The molecule has 124 valence electrons. The van der Waals surface area contributed by atoms with Gasteiger partial charge in [-0.2, -0.15) is 0 Å². The SMILES string of the molecule is CCCC/C(O)=C1/C(=O)CC(C)(C)CC1=Nc1ccc(N)cc1. The van der Waals surface area contributed by atoms with Crippen LogP contribution in [0.25, 0.3) is 0 Å². The van der Waals surface area contributed by atoms with Crippen molar-refractivity contribution >= 4 is 22.9 Å². The molecule has 1 aliphatic carbocycles. The van der Waals surface area contributed by atoms with Gasteiger partial charge in [-0.3, -0.25) is 9.79 Å². The molecular weight excluding hydrogens is 288 g/mol. The third-order valence-corrected chi connectivity index (χ3v) is 4.07. The summed E-state index contributed by atoms with van der Waals surface area (Å²) in [6.45, 7) is 6.18. The molecular formula is C19H26N2O2. The van der Waals surface area contributed by atoms with E-state index in [0.717, 1.165) is 18.5 Å². The highest BCUT2D eigenvalue weighted by atomic mass is 16.3. The minimum absolute atomic E-state index is 0.0101. The average Bonchev–Trinajstić information content (AvgIpc) is 2.45. The largest absolute Gasteiger partial charge is 0.511 e. The quantitative estimate of drug-likeness (QED) is 0.479. The van der Waals surface area contributed by atoms with Gasteiger partial charge in [0, 0.05) is 18.5 Å². The number of hydrogen-bond acceptors (Lipinski definition) is 4. The number of anilines is 1. The number of nitrogens with zero attached hydrogens (tertiary/aromatic N) is 1. The zero-order valence-corrected chi connectivity index (χ0v) is 14.2. The van der Waals surface area contributed by atoms with Crippen molar-refractivity contribution in [2.75, 3.05) is 5.73 Å². The number of aliphatic hydroxyl groups is 1. The van der Waals surface area contributed by atoms with Crippen molar-refractivity contribution in [1.29, 1.82) is 0 Å². The second kappa shape index (κ2) is 6.99. The molecule has 0 heterocycles. The molecule has 0 saturated heterocycles. The van der Waals surface area contributed by atoms with Crippen molar-refractivity contribution < 1.29 is 9.90 Å². The number of nitrogen functional groups attached to an aromatic ring is 1. The molecule has 0 spiro atoms. The first-order chi connectivity index (χ1) is 10.8. The normalized spacial score (nSPS) is 21.5. The molecule has 0 bridgehead atoms. The molecule has 0 aliphatic heterocycles. The first-order valence-electron chi connectivity index (χ1n) is 8.21. The lowest BCUT2D eigenvalue weighted by molar-refractivity contribution is -0.117. The maximum atomic E-state index is 12.6. The van der Waals surface area contributed by atoms with Gasteiger partial charge in [-0.1, -0.05) is 27.2 Å². The Kier molecular flexibility index (Phi) is 5.24. The van der Waals surface area contributed by atoms with Crippen LogP contribution in [-0.2, 0) is 4.79 Å². The standard InChI is InChI=1S/C19H26N2O2/c1-4-5-6-16(22)18-15(11-19(2,3)12-17(18)23)21-14-9-7-13(20)8-10-14/h7-10,22H,4-6,11-12,20H2,1-3H3/b18-16-,21-15?. The Bertz CT molecular complexity index is 640. The first-order valence-corrected chi connectivity index (χ1v) is 8.21. The number of allylic oxidation sites excluding steroid dienone is 2. The number of carbonyl (C=O) groups excluding carboxylic acids is 1. The monoisotopic (exact) mass is 314 g/mol. The second-order valence-corrected chi connectivity index (χ2v) is 7.02. The Morgan fingerprint density at radius 3 is 2.52 bits per heavy atom. The summed E-state index contributed by atoms with van der Waals surface area (Å²) in [5.74, 6) is 0.172. The number of nitrogens with two attached hydrogens (primary N) is 1. The number of aliphatic imine (C=N–C) groups is 1. The zero-order chi connectivity index (χ0) is 17.0. The molecule has 1 aromatic rings. The lowest BCUT2D eigenvalue weighted by Gasteiger charge is -2.31. The number of aliphatic hydroxyl groups excluding tert-OH is 1. The maximum Gasteiger partial charge on any atom is 0.168 e. The molecule has 0 amide bonds. The van der Waals surface area contributed by atoms with E-state index in [1.165, 1.54) is 0 Å². The number of hydrogen-bond donors (Lipinski definition) is 2. The Balaban J connectivity index is 2.44. The Morgan fingerprint density at radius 2 is 1.91 bits per heavy atom. The van der Waals surface area contributed by atoms with Crippen molar-refractivity contribution in [2.24, 2.45) is 10.4 Å². The highest BCUT2D eigenvalue weighted by Gasteiger charge is 2.36. The van der Waals surface area contributed by atoms with Crippen molar-refractivity contribution in [2.45, 2.75) is 52.9 Å². The molecule has 0 atom stereocenters. The van der Waals surface area contributed by atoms with E-state index in [9.17, 15) is 9.90 Å². The molecule has 1 aliphatic rings. The van der Waals surface area contributed by atoms with Crippen molar-refractivity contribution in [3.8, 4) is 0 Å². The van der Waals surface area contributed by atoms with E-state index < -0.39 is 0 Å². The number of rotatable bonds is 4. The summed E-state index contributed by atoms with van der Waals surface area (Å²) in [7, 11) is 0. The Hall–Kier alpha value is -2.10. The summed E-state index contributed by atoms with van der Waals surface area (Å²) in [4.78, 5) is 17.2. The summed E-state index contributed by atoms with van der Waals surface area (Å²) < 4.78 is 0.